The van der Waals surface area contributed by atoms with Crippen LogP contribution in [-0.4, -0.2) is 35.0 Å². The van der Waals surface area contributed by atoms with Crippen molar-refractivity contribution >= 4 is 5.69 Å². The second-order valence-electron chi connectivity index (χ2n) is 5.75. The highest BCUT2D eigenvalue weighted by atomic mass is 15.1. The van der Waals surface area contributed by atoms with Gasteiger partial charge in [-0.2, -0.15) is 0 Å². The summed E-state index contributed by atoms with van der Waals surface area (Å²) in [6, 6.07) is 8.47. The second kappa shape index (κ2) is 6.22. The third-order valence-electron chi connectivity index (χ3n) is 4.11. The van der Waals surface area contributed by atoms with E-state index in [-0.39, 0.29) is 0 Å². The summed E-state index contributed by atoms with van der Waals surface area (Å²) in [5.74, 6) is 0.541. The van der Waals surface area contributed by atoms with Gasteiger partial charge < -0.3 is 5.32 Å². The first-order valence-corrected chi connectivity index (χ1v) is 7.52. The molecule has 3 rings (SSSR count). The van der Waals surface area contributed by atoms with E-state index in [0.717, 1.165) is 31.0 Å². The number of aromatic nitrogens is 2. The molecule has 2 aromatic rings. The topological polar surface area (TPSA) is 41.1 Å². The summed E-state index contributed by atoms with van der Waals surface area (Å²) >= 11 is 0. The Balaban J connectivity index is 1.68. The molecule has 4 nitrogen and oxygen atoms in total. The summed E-state index contributed by atoms with van der Waals surface area (Å²) in [4.78, 5) is 11.3. The van der Waals surface area contributed by atoms with Gasteiger partial charge in [-0.1, -0.05) is 0 Å². The van der Waals surface area contributed by atoms with Crippen molar-refractivity contribution in [3.63, 3.8) is 0 Å². The number of aryl methyl sites for hydroxylation is 1. The average molecular weight is 282 g/mol. The van der Waals surface area contributed by atoms with Crippen molar-refractivity contribution in [2.45, 2.75) is 25.8 Å². The van der Waals surface area contributed by atoms with Crippen LogP contribution in [0.15, 0.2) is 36.7 Å². The Hall–Kier alpha value is -1.94. The maximum absolute atomic E-state index is 4.73. The molecule has 2 aromatic heterocycles. The highest BCUT2D eigenvalue weighted by molar-refractivity contribution is 5.45. The minimum atomic E-state index is 0.541. The van der Waals surface area contributed by atoms with E-state index in [4.69, 9.17) is 4.98 Å². The molecule has 1 atom stereocenters. The standard InChI is InChI=1S/C17H22N4/c1-13-9-16(18-2)10-17(20-13)15-5-8-21(12-15)11-14-3-6-19-7-4-14/h3-4,6-7,9-10,15H,5,8,11-12H2,1-2H3,(H,18,20)/t15-/m0/s1. The van der Waals surface area contributed by atoms with E-state index < -0.39 is 0 Å². The number of pyridine rings is 2. The van der Waals surface area contributed by atoms with Gasteiger partial charge in [-0.3, -0.25) is 14.9 Å². The first-order valence-electron chi connectivity index (χ1n) is 7.52. The van der Waals surface area contributed by atoms with Crippen LogP contribution in [0.1, 0.15) is 29.3 Å². The molecule has 0 bridgehead atoms. The fourth-order valence-electron chi connectivity index (χ4n) is 3.01. The zero-order valence-corrected chi connectivity index (χ0v) is 12.7. The van der Waals surface area contributed by atoms with Crippen molar-refractivity contribution in [1.82, 2.24) is 14.9 Å². The van der Waals surface area contributed by atoms with Crippen LogP contribution < -0.4 is 5.32 Å². The van der Waals surface area contributed by atoms with E-state index in [1.807, 2.05) is 19.4 Å². The van der Waals surface area contributed by atoms with Crippen molar-refractivity contribution in [2.75, 3.05) is 25.5 Å². The van der Waals surface area contributed by atoms with E-state index in [1.165, 1.54) is 17.7 Å². The molecule has 1 saturated heterocycles. The predicted octanol–water partition coefficient (Wildman–Crippen LogP) is 2.82. The van der Waals surface area contributed by atoms with Gasteiger partial charge in [0.05, 0.1) is 0 Å². The molecule has 0 aliphatic carbocycles. The first-order chi connectivity index (χ1) is 10.2. The summed E-state index contributed by atoms with van der Waals surface area (Å²) in [7, 11) is 1.96. The molecule has 0 saturated carbocycles. The smallest absolute Gasteiger partial charge is 0.0471 e. The molecule has 3 heterocycles. The second-order valence-corrected chi connectivity index (χ2v) is 5.75. The quantitative estimate of drug-likeness (QED) is 0.936. The number of nitrogens with one attached hydrogen (secondary N) is 1. The molecular weight excluding hydrogens is 260 g/mol. The van der Waals surface area contributed by atoms with E-state index in [9.17, 15) is 0 Å². The number of nitrogens with zero attached hydrogens (tertiary/aromatic N) is 3. The Morgan fingerprint density at radius 1 is 1.29 bits per heavy atom. The highest BCUT2D eigenvalue weighted by Gasteiger charge is 2.25. The average Bonchev–Trinajstić information content (AvgIpc) is 2.96. The normalized spacial score (nSPS) is 18.9. The van der Waals surface area contributed by atoms with Crippen molar-refractivity contribution < 1.29 is 0 Å². The number of hydrogen-bond acceptors (Lipinski definition) is 4. The Bertz CT molecular complexity index is 597. The van der Waals surface area contributed by atoms with Crippen LogP contribution in [0.4, 0.5) is 5.69 Å². The lowest BCUT2D eigenvalue weighted by atomic mass is 10.0. The van der Waals surface area contributed by atoms with Gasteiger partial charge in [-0.25, -0.2) is 0 Å². The largest absolute Gasteiger partial charge is 0.388 e. The molecule has 21 heavy (non-hydrogen) atoms. The molecule has 0 amide bonds. The summed E-state index contributed by atoms with van der Waals surface area (Å²) in [5, 5.41) is 3.22. The van der Waals surface area contributed by atoms with Gasteiger partial charge in [-0.05, 0) is 49.7 Å². The Morgan fingerprint density at radius 3 is 2.86 bits per heavy atom. The molecule has 110 valence electrons. The summed E-state index contributed by atoms with van der Waals surface area (Å²) < 4.78 is 0. The van der Waals surface area contributed by atoms with Crippen LogP contribution in [0.25, 0.3) is 0 Å². The van der Waals surface area contributed by atoms with Crippen LogP contribution in [0.5, 0.6) is 0 Å². The van der Waals surface area contributed by atoms with Crippen LogP contribution in [-0.2, 0) is 6.54 Å². The van der Waals surface area contributed by atoms with Gasteiger partial charge in [0, 0.05) is 55.5 Å². The number of likely N-dealkylation sites (tertiary alicyclic amines) is 1. The molecule has 1 N–H and O–H groups in total. The van der Waals surface area contributed by atoms with E-state index >= 15 is 0 Å². The van der Waals surface area contributed by atoms with Crippen LogP contribution in [0.2, 0.25) is 0 Å². The monoisotopic (exact) mass is 282 g/mol. The lowest BCUT2D eigenvalue weighted by Crippen LogP contribution is -2.20. The molecular formula is C17H22N4. The summed E-state index contributed by atoms with van der Waals surface area (Å²) in [5.41, 5.74) is 4.80. The van der Waals surface area contributed by atoms with Gasteiger partial charge >= 0.3 is 0 Å². The lowest BCUT2D eigenvalue weighted by molar-refractivity contribution is 0.326. The Morgan fingerprint density at radius 2 is 2.10 bits per heavy atom. The molecule has 4 heteroatoms. The van der Waals surface area contributed by atoms with Gasteiger partial charge in [0.1, 0.15) is 0 Å². The van der Waals surface area contributed by atoms with Gasteiger partial charge in [0.25, 0.3) is 0 Å². The van der Waals surface area contributed by atoms with Gasteiger partial charge in [0.15, 0.2) is 0 Å². The van der Waals surface area contributed by atoms with Crippen molar-refractivity contribution in [1.29, 1.82) is 0 Å². The molecule has 1 fully saturated rings. The molecule has 0 radical (unpaired) electrons. The van der Waals surface area contributed by atoms with Gasteiger partial charge in [0.2, 0.25) is 0 Å². The highest BCUT2D eigenvalue weighted by Crippen LogP contribution is 2.28. The SMILES string of the molecule is CNc1cc(C)nc([C@H]2CCN(Cc3ccncc3)C2)c1. The van der Waals surface area contributed by atoms with Crippen molar-refractivity contribution in [3.8, 4) is 0 Å². The lowest BCUT2D eigenvalue weighted by Gasteiger charge is -2.16. The maximum Gasteiger partial charge on any atom is 0.0471 e. The van der Waals surface area contributed by atoms with E-state index in [2.05, 4.69) is 46.4 Å². The van der Waals surface area contributed by atoms with Gasteiger partial charge in [-0.15, -0.1) is 0 Å². The van der Waals surface area contributed by atoms with Crippen LogP contribution in [0.3, 0.4) is 0 Å². The molecule has 1 aliphatic heterocycles. The fourth-order valence-corrected chi connectivity index (χ4v) is 3.01. The molecule has 0 spiro atoms. The number of anilines is 1. The van der Waals surface area contributed by atoms with Crippen LogP contribution in [0, 0.1) is 6.92 Å². The summed E-state index contributed by atoms with van der Waals surface area (Å²) in [6.45, 7) is 5.29. The fraction of sp³-hybridized carbons (Fsp3) is 0.412. The molecule has 0 aromatic carbocycles. The summed E-state index contributed by atoms with van der Waals surface area (Å²) in [6.07, 6.45) is 4.92. The zero-order valence-electron chi connectivity index (χ0n) is 12.7. The van der Waals surface area contributed by atoms with E-state index in [0.29, 0.717) is 5.92 Å². The zero-order chi connectivity index (χ0) is 14.7. The predicted molar refractivity (Wildman–Crippen MR) is 85.4 cm³/mol. The van der Waals surface area contributed by atoms with Crippen molar-refractivity contribution in [2.24, 2.45) is 0 Å². The van der Waals surface area contributed by atoms with Crippen molar-refractivity contribution in [3.05, 3.63) is 53.6 Å². The maximum atomic E-state index is 4.73. The number of rotatable bonds is 4. The van der Waals surface area contributed by atoms with Crippen LogP contribution >= 0.6 is 0 Å². The van der Waals surface area contributed by atoms with E-state index in [1.54, 1.807) is 0 Å². The number of hydrogen-bond donors (Lipinski definition) is 1. The molecule has 0 unspecified atom stereocenters. The minimum absolute atomic E-state index is 0.541. The third-order valence-corrected chi connectivity index (χ3v) is 4.11. The Kier molecular flexibility index (Phi) is 4.15. The molecule has 1 aliphatic rings. The third kappa shape index (κ3) is 3.39. The first kappa shape index (κ1) is 14.0. The Labute approximate surface area is 126 Å². The minimum Gasteiger partial charge on any atom is -0.388 e.